The Morgan fingerprint density at radius 1 is 1.05 bits per heavy atom. The second kappa shape index (κ2) is 6.36. The molecule has 0 unspecified atom stereocenters. The molecule has 3 rings (SSSR count). The zero-order valence-electron chi connectivity index (χ0n) is 10.5. The average Bonchev–Trinajstić information content (AvgIpc) is 2.87. The smallest absolute Gasteiger partial charge is 0.0541 e. The predicted molar refractivity (Wildman–Crippen MR) is 80.3 cm³/mol. The first-order valence-corrected chi connectivity index (χ1v) is 6.08. The van der Waals surface area contributed by atoms with Gasteiger partial charge in [0.25, 0.3) is 0 Å². The van der Waals surface area contributed by atoms with Gasteiger partial charge in [-0.25, -0.2) is 0 Å². The largest absolute Gasteiger partial charge is 0.361 e. The van der Waals surface area contributed by atoms with E-state index in [4.69, 9.17) is 0 Å². The van der Waals surface area contributed by atoms with E-state index in [2.05, 4.69) is 39.6 Å². The van der Waals surface area contributed by atoms with E-state index < -0.39 is 0 Å². The highest BCUT2D eigenvalue weighted by molar-refractivity contribution is 5.85. The summed E-state index contributed by atoms with van der Waals surface area (Å²) in [6, 6.07) is 14.5. The van der Waals surface area contributed by atoms with Crippen LogP contribution in [0.15, 0.2) is 54.9 Å². The van der Waals surface area contributed by atoms with Crippen LogP contribution < -0.4 is 5.32 Å². The van der Waals surface area contributed by atoms with Crippen LogP contribution in [0.5, 0.6) is 0 Å². The van der Waals surface area contributed by atoms with Gasteiger partial charge in [0, 0.05) is 31.0 Å². The van der Waals surface area contributed by atoms with Crippen LogP contribution in [0.3, 0.4) is 0 Å². The van der Waals surface area contributed by atoms with E-state index in [0.717, 1.165) is 18.8 Å². The minimum absolute atomic E-state index is 0. The van der Waals surface area contributed by atoms with Gasteiger partial charge in [0.2, 0.25) is 0 Å². The summed E-state index contributed by atoms with van der Waals surface area (Å²) in [5.41, 5.74) is 3.54. The van der Waals surface area contributed by atoms with Crippen LogP contribution in [0.25, 0.3) is 10.9 Å². The normalized spacial score (nSPS) is 10.3. The van der Waals surface area contributed by atoms with E-state index in [1.165, 1.54) is 16.5 Å². The fraction of sp³-hybridized carbons (Fsp3) is 0.133. The summed E-state index contributed by atoms with van der Waals surface area (Å²) in [6.45, 7) is 1.66. The van der Waals surface area contributed by atoms with Crippen LogP contribution in [0.1, 0.15) is 11.3 Å². The quantitative estimate of drug-likeness (QED) is 0.766. The molecule has 19 heavy (non-hydrogen) atoms. The molecule has 2 heterocycles. The van der Waals surface area contributed by atoms with Crippen molar-refractivity contribution in [3.05, 3.63) is 66.1 Å². The van der Waals surface area contributed by atoms with Gasteiger partial charge in [-0.1, -0.05) is 12.1 Å². The lowest BCUT2D eigenvalue weighted by molar-refractivity contribution is 0.680. The van der Waals surface area contributed by atoms with Crippen LogP contribution in [0.2, 0.25) is 0 Å². The van der Waals surface area contributed by atoms with Crippen molar-refractivity contribution in [3.63, 3.8) is 0 Å². The first kappa shape index (κ1) is 13.6. The van der Waals surface area contributed by atoms with Gasteiger partial charge < -0.3 is 10.3 Å². The standard InChI is InChI=1S/C15H15N3.ClH/c1-2-7-17-14(3-1)11-16-10-12-4-5-15-13(9-12)6-8-18-15;/h1-9,16,18H,10-11H2;1H. The number of nitrogens with one attached hydrogen (secondary N) is 2. The van der Waals surface area contributed by atoms with Crippen molar-refractivity contribution in [1.29, 1.82) is 0 Å². The Hall–Kier alpha value is -1.84. The summed E-state index contributed by atoms with van der Waals surface area (Å²) in [5, 5.41) is 4.66. The molecule has 0 fully saturated rings. The molecule has 0 bridgehead atoms. The van der Waals surface area contributed by atoms with E-state index in [1.807, 2.05) is 30.6 Å². The van der Waals surface area contributed by atoms with Gasteiger partial charge in [-0.2, -0.15) is 0 Å². The molecule has 3 nitrogen and oxygen atoms in total. The lowest BCUT2D eigenvalue weighted by Gasteiger charge is -2.04. The Bertz CT molecular complexity index is 634. The predicted octanol–water partition coefficient (Wildman–Crippen LogP) is 3.27. The van der Waals surface area contributed by atoms with Gasteiger partial charge >= 0.3 is 0 Å². The number of pyridine rings is 1. The van der Waals surface area contributed by atoms with Crippen molar-refractivity contribution in [2.24, 2.45) is 0 Å². The molecule has 0 atom stereocenters. The Morgan fingerprint density at radius 2 is 2.00 bits per heavy atom. The first-order valence-electron chi connectivity index (χ1n) is 6.08. The molecule has 4 heteroatoms. The highest BCUT2D eigenvalue weighted by Crippen LogP contribution is 2.14. The number of hydrogen-bond acceptors (Lipinski definition) is 2. The van der Waals surface area contributed by atoms with Crippen molar-refractivity contribution in [1.82, 2.24) is 15.3 Å². The van der Waals surface area contributed by atoms with Gasteiger partial charge in [0.1, 0.15) is 0 Å². The van der Waals surface area contributed by atoms with Gasteiger partial charge in [0.15, 0.2) is 0 Å². The summed E-state index contributed by atoms with van der Waals surface area (Å²) in [7, 11) is 0. The number of rotatable bonds is 4. The highest BCUT2D eigenvalue weighted by Gasteiger charge is 1.98. The van der Waals surface area contributed by atoms with Gasteiger partial charge in [-0.3, -0.25) is 4.98 Å². The second-order valence-electron chi connectivity index (χ2n) is 4.32. The highest BCUT2D eigenvalue weighted by atomic mass is 35.5. The summed E-state index contributed by atoms with van der Waals surface area (Å²) >= 11 is 0. The van der Waals surface area contributed by atoms with Crippen molar-refractivity contribution in [2.45, 2.75) is 13.1 Å². The van der Waals surface area contributed by atoms with Crippen LogP contribution in [-0.4, -0.2) is 9.97 Å². The van der Waals surface area contributed by atoms with Crippen LogP contribution in [0, 0.1) is 0 Å². The number of hydrogen-bond donors (Lipinski definition) is 2. The summed E-state index contributed by atoms with van der Waals surface area (Å²) < 4.78 is 0. The molecule has 0 amide bonds. The number of nitrogens with zero attached hydrogens (tertiary/aromatic N) is 1. The van der Waals surface area contributed by atoms with Crippen molar-refractivity contribution in [2.75, 3.05) is 0 Å². The summed E-state index contributed by atoms with van der Waals surface area (Å²) in [4.78, 5) is 7.48. The molecular weight excluding hydrogens is 258 g/mol. The number of halogens is 1. The average molecular weight is 274 g/mol. The third kappa shape index (κ3) is 3.34. The number of fused-ring (bicyclic) bond motifs is 1. The molecule has 2 N–H and O–H groups in total. The maximum Gasteiger partial charge on any atom is 0.0541 e. The Kier molecular flexibility index (Phi) is 4.55. The molecule has 0 spiro atoms. The second-order valence-corrected chi connectivity index (χ2v) is 4.32. The van der Waals surface area contributed by atoms with Crippen molar-refractivity contribution in [3.8, 4) is 0 Å². The van der Waals surface area contributed by atoms with Crippen LogP contribution in [0.4, 0.5) is 0 Å². The van der Waals surface area contributed by atoms with Gasteiger partial charge in [0.05, 0.1) is 5.69 Å². The SMILES string of the molecule is Cl.c1ccc(CNCc2ccc3[nH]ccc3c2)nc1. The van der Waals surface area contributed by atoms with Gasteiger partial charge in [-0.05, 0) is 41.3 Å². The third-order valence-electron chi connectivity index (χ3n) is 2.98. The molecule has 1 aromatic carbocycles. The fourth-order valence-electron chi connectivity index (χ4n) is 2.05. The van der Waals surface area contributed by atoms with Gasteiger partial charge in [-0.15, -0.1) is 12.4 Å². The Labute approximate surface area is 118 Å². The lowest BCUT2D eigenvalue weighted by Crippen LogP contribution is -2.13. The minimum Gasteiger partial charge on any atom is -0.361 e. The number of aromatic amines is 1. The summed E-state index contributed by atoms with van der Waals surface area (Å²) in [5.74, 6) is 0. The lowest BCUT2D eigenvalue weighted by atomic mass is 10.1. The molecule has 0 aliphatic rings. The maximum absolute atomic E-state index is 4.28. The molecule has 98 valence electrons. The molecule has 0 aliphatic heterocycles. The van der Waals surface area contributed by atoms with E-state index in [-0.39, 0.29) is 12.4 Å². The molecule has 0 saturated carbocycles. The van der Waals surface area contributed by atoms with Crippen molar-refractivity contribution >= 4 is 23.3 Å². The van der Waals surface area contributed by atoms with E-state index in [9.17, 15) is 0 Å². The third-order valence-corrected chi connectivity index (χ3v) is 2.98. The van der Waals surface area contributed by atoms with E-state index in [1.54, 1.807) is 0 Å². The Balaban J connectivity index is 0.00000133. The molecule has 0 aliphatic carbocycles. The molecule has 2 aromatic heterocycles. The zero-order chi connectivity index (χ0) is 12.2. The molecule has 0 radical (unpaired) electrons. The minimum atomic E-state index is 0. The number of H-pyrrole nitrogens is 1. The summed E-state index contributed by atoms with van der Waals surface area (Å²) in [6.07, 6.45) is 3.79. The van der Waals surface area contributed by atoms with Crippen LogP contribution in [-0.2, 0) is 13.1 Å². The van der Waals surface area contributed by atoms with Crippen molar-refractivity contribution < 1.29 is 0 Å². The number of aromatic nitrogens is 2. The topological polar surface area (TPSA) is 40.7 Å². The molecular formula is C15H16ClN3. The molecule has 3 aromatic rings. The van der Waals surface area contributed by atoms with E-state index >= 15 is 0 Å². The van der Waals surface area contributed by atoms with Crippen LogP contribution >= 0.6 is 12.4 Å². The molecule has 0 saturated heterocycles. The number of benzene rings is 1. The maximum atomic E-state index is 4.28. The fourth-order valence-corrected chi connectivity index (χ4v) is 2.05. The zero-order valence-corrected chi connectivity index (χ0v) is 11.3. The monoisotopic (exact) mass is 273 g/mol. The Morgan fingerprint density at radius 3 is 2.84 bits per heavy atom. The first-order chi connectivity index (χ1) is 8.92. The van der Waals surface area contributed by atoms with E-state index in [0.29, 0.717) is 0 Å².